The predicted octanol–water partition coefficient (Wildman–Crippen LogP) is 2.35. The molecule has 0 heterocycles. The molecule has 1 N–H and O–H groups in total. The van der Waals surface area contributed by atoms with Gasteiger partial charge in [-0.25, -0.2) is 0 Å². The molecule has 0 aliphatic heterocycles. The Morgan fingerprint density at radius 2 is 2.00 bits per heavy atom. The normalized spacial score (nSPS) is 34.2. The highest BCUT2D eigenvalue weighted by atomic mass is 16.5. The van der Waals surface area contributed by atoms with Crippen molar-refractivity contribution in [1.29, 1.82) is 0 Å². The fourth-order valence-electron chi connectivity index (χ4n) is 1.92. The number of hydrogen-bond acceptors (Lipinski definition) is 2. The average molecular weight is 186 g/mol. The molecule has 0 saturated heterocycles. The van der Waals surface area contributed by atoms with Gasteiger partial charge in [-0.1, -0.05) is 19.8 Å². The molecule has 0 bridgehead atoms. The summed E-state index contributed by atoms with van der Waals surface area (Å²) in [4.78, 5) is 0. The topological polar surface area (TPSA) is 29.5 Å². The van der Waals surface area contributed by atoms with Crippen molar-refractivity contribution in [3.05, 3.63) is 0 Å². The minimum Gasteiger partial charge on any atom is -0.391 e. The van der Waals surface area contributed by atoms with Crippen LogP contribution in [0.2, 0.25) is 0 Å². The molecule has 1 rings (SSSR count). The summed E-state index contributed by atoms with van der Waals surface area (Å²) in [7, 11) is 0. The number of ether oxygens (including phenoxy) is 1. The van der Waals surface area contributed by atoms with Crippen LogP contribution in [0.15, 0.2) is 0 Å². The van der Waals surface area contributed by atoms with E-state index in [1.54, 1.807) is 6.92 Å². The van der Waals surface area contributed by atoms with Crippen molar-refractivity contribution in [2.75, 3.05) is 0 Å². The summed E-state index contributed by atoms with van der Waals surface area (Å²) in [6.07, 6.45) is 4.96. The minimum atomic E-state index is -0.350. The molecule has 0 aromatic heterocycles. The summed E-state index contributed by atoms with van der Waals surface area (Å²) >= 11 is 0. The molecule has 2 nitrogen and oxygen atoms in total. The monoisotopic (exact) mass is 186 g/mol. The van der Waals surface area contributed by atoms with Crippen LogP contribution < -0.4 is 0 Å². The summed E-state index contributed by atoms with van der Waals surface area (Å²) in [6.45, 7) is 6.02. The number of rotatable bonds is 3. The maximum absolute atomic E-state index is 9.29. The molecule has 1 fully saturated rings. The van der Waals surface area contributed by atoms with E-state index in [9.17, 15) is 5.11 Å². The Balaban J connectivity index is 2.27. The number of aliphatic hydroxyl groups is 1. The Labute approximate surface area is 81.3 Å². The van der Waals surface area contributed by atoms with Crippen LogP contribution in [-0.2, 0) is 4.74 Å². The largest absolute Gasteiger partial charge is 0.391 e. The van der Waals surface area contributed by atoms with Crippen molar-refractivity contribution in [3.8, 4) is 0 Å². The van der Waals surface area contributed by atoms with Gasteiger partial charge in [-0.2, -0.15) is 0 Å². The van der Waals surface area contributed by atoms with Crippen LogP contribution >= 0.6 is 0 Å². The molecule has 0 spiro atoms. The highest BCUT2D eigenvalue weighted by Gasteiger charge is 2.22. The van der Waals surface area contributed by atoms with E-state index in [4.69, 9.17) is 4.74 Å². The standard InChI is InChI=1S/C11H22O2/c1-8-5-4-6-11(7-8)13-10(3)9(2)12/h8-12H,4-7H2,1-3H3. The van der Waals surface area contributed by atoms with Gasteiger partial charge in [-0.15, -0.1) is 0 Å². The van der Waals surface area contributed by atoms with Crippen molar-refractivity contribution < 1.29 is 9.84 Å². The Hall–Kier alpha value is -0.0800. The number of hydrogen-bond donors (Lipinski definition) is 1. The van der Waals surface area contributed by atoms with Crippen LogP contribution in [0.1, 0.15) is 46.5 Å². The molecule has 0 amide bonds. The molecule has 1 aliphatic carbocycles. The first-order valence-electron chi connectivity index (χ1n) is 5.43. The van der Waals surface area contributed by atoms with E-state index in [-0.39, 0.29) is 12.2 Å². The third-order valence-electron chi connectivity index (χ3n) is 2.97. The Morgan fingerprint density at radius 3 is 2.54 bits per heavy atom. The Morgan fingerprint density at radius 1 is 1.31 bits per heavy atom. The molecule has 78 valence electrons. The molecular weight excluding hydrogens is 164 g/mol. The fraction of sp³-hybridized carbons (Fsp3) is 1.00. The summed E-state index contributed by atoms with van der Waals surface area (Å²) < 4.78 is 5.77. The lowest BCUT2D eigenvalue weighted by Gasteiger charge is -2.30. The molecule has 1 aliphatic rings. The summed E-state index contributed by atoms with van der Waals surface area (Å²) in [5.74, 6) is 0.792. The van der Waals surface area contributed by atoms with Crippen molar-refractivity contribution in [2.45, 2.75) is 64.8 Å². The van der Waals surface area contributed by atoms with Crippen LogP contribution in [0.5, 0.6) is 0 Å². The molecule has 4 atom stereocenters. The number of aliphatic hydroxyl groups excluding tert-OH is 1. The second-order valence-corrected chi connectivity index (χ2v) is 4.48. The van der Waals surface area contributed by atoms with Gasteiger partial charge < -0.3 is 9.84 Å². The van der Waals surface area contributed by atoms with Gasteiger partial charge in [-0.05, 0) is 32.6 Å². The van der Waals surface area contributed by atoms with Gasteiger partial charge in [-0.3, -0.25) is 0 Å². The molecule has 0 aromatic rings. The lowest BCUT2D eigenvalue weighted by atomic mass is 9.88. The van der Waals surface area contributed by atoms with Crippen LogP contribution in [0.25, 0.3) is 0 Å². The zero-order chi connectivity index (χ0) is 9.84. The molecule has 4 unspecified atom stereocenters. The third-order valence-corrected chi connectivity index (χ3v) is 2.97. The highest BCUT2D eigenvalue weighted by molar-refractivity contribution is 4.72. The third kappa shape index (κ3) is 3.65. The van der Waals surface area contributed by atoms with Crippen molar-refractivity contribution in [3.63, 3.8) is 0 Å². The minimum absolute atomic E-state index is 0.0182. The molecular formula is C11H22O2. The van der Waals surface area contributed by atoms with Gasteiger partial charge in [0.1, 0.15) is 0 Å². The first-order chi connectivity index (χ1) is 6.09. The maximum atomic E-state index is 9.29. The Bertz CT molecular complexity index is 145. The molecule has 0 radical (unpaired) electrons. The van der Waals surface area contributed by atoms with Gasteiger partial charge in [0.15, 0.2) is 0 Å². The van der Waals surface area contributed by atoms with E-state index in [1.165, 1.54) is 19.3 Å². The van der Waals surface area contributed by atoms with Crippen LogP contribution in [0.3, 0.4) is 0 Å². The molecule has 13 heavy (non-hydrogen) atoms. The van der Waals surface area contributed by atoms with Crippen molar-refractivity contribution >= 4 is 0 Å². The summed E-state index contributed by atoms with van der Waals surface area (Å²) in [6, 6.07) is 0. The van der Waals surface area contributed by atoms with Gasteiger partial charge in [0.2, 0.25) is 0 Å². The first kappa shape index (κ1) is 11.0. The van der Waals surface area contributed by atoms with E-state index in [0.717, 1.165) is 12.3 Å². The van der Waals surface area contributed by atoms with Crippen molar-refractivity contribution in [1.82, 2.24) is 0 Å². The second-order valence-electron chi connectivity index (χ2n) is 4.48. The smallest absolute Gasteiger partial charge is 0.0806 e. The van der Waals surface area contributed by atoms with Crippen molar-refractivity contribution in [2.24, 2.45) is 5.92 Å². The predicted molar refractivity (Wildman–Crippen MR) is 53.6 cm³/mol. The fourth-order valence-corrected chi connectivity index (χ4v) is 1.92. The van der Waals surface area contributed by atoms with Crippen LogP contribution in [0, 0.1) is 5.92 Å². The lowest BCUT2D eigenvalue weighted by Crippen LogP contribution is -2.31. The van der Waals surface area contributed by atoms with E-state index in [2.05, 4.69) is 6.92 Å². The second kappa shape index (κ2) is 4.97. The van der Waals surface area contributed by atoms with Gasteiger partial charge in [0.25, 0.3) is 0 Å². The molecule has 2 heteroatoms. The van der Waals surface area contributed by atoms with Gasteiger partial charge in [0.05, 0.1) is 18.3 Å². The van der Waals surface area contributed by atoms with Gasteiger partial charge >= 0.3 is 0 Å². The molecule has 1 saturated carbocycles. The quantitative estimate of drug-likeness (QED) is 0.733. The zero-order valence-electron chi connectivity index (χ0n) is 8.99. The van der Waals surface area contributed by atoms with Gasteiger partial charge in [0, 0.05) is 0 Å². The zero-order valence-corrected chi connectivity index (χ0v) is 8.99. The lowest BCUT2D eigenvalue weighted by molar-refractivity contribution is -0.0781. The summed E-state index contributed by atoms with van der Waals surface area (Å²) in [5.41, 5.74) is 0. The Kier molecular flexibility index (Phi) is 4.20. The van der Waals surface area contributed by atoms with E-state index in [1.807, 2.05) is 6.92 Å². The average Bonchev–Trinajstić information content (AvgIpc) is 2.04. The highest BCUT2D eigenvalue weighted by Crippen LogP contribution is 2.26. The molecule has 0 aromatic carbocycles. The van der Waals surface area contributed by atoms with E-state index < -0.39 is 0 Å². The maximum Gasteiger partial charge on any atom is 0.0806 e. The van der Waals surface area contributed by atoms with E-state index >= 15 is 0 Å². The summed E-state index contributed by atoms with van der Waals surface area (Å²) in [5, 5.41) is 9.29. The van der Waals surface area contributed by atoms with Crippen LogP contribution in [0.4, 0.5) is 0 Å². The van der Waals surface area contributed by atoms with E-state index in [0.29, 0.717) is 6.10 Å². The SMILES string of the molecule is CC1CCCC(OC(C)C(C)O)C1. The van der Waals surface area contributed by atoms with Crippen LogP contribution in [-0.4, -0.2) is 23.4 Å². The first-order valence-corrected chi connectivity index (χ1v) is 5.43.